The first kappa shape index (κ1) is 20.2. The second-order valence-corrected chi connectivity index (χ2v) is 11.7. The van der Waals surface area contributed by atoms with Crippen molar-refractivity contribution < 1.29 is 4.79 Å². The number of nitrogens with zero attached hydrogens (tertiary/aromatic N) is 1. The molecule has 4 heteroatoms. The molecule has 4 fully saturated rings. The number of aryl methyl sites for hydroxylation is 1. The Morgan fingerprint density at radius 3 is 2.19 bits per heavy atom. The zero-order valence-electron chi connectivity index (χ0n) is 18.6. The van der Waals surface area contributed by atoms with Gasteiger partial charge in [-0.05, 0) is 80.8 Å². The standard InChI is InChI=1S/C28H30N2OS/c1-18-26(30-27(32-18)23-5-3-2-4-6-23)22-7-9-24(10-8-22)29-25(31)17-28-14-19-11-20(15-28)13-21(12-19)16-28/h2-10,19-21H,11-17H2,1H3,(H,29,31). The number of benzene rings is 2. The van der Waals surface area contributed by atoms with Gasteiger partial charge in [-0.25, -0.2) is 4.98 Å². The third-order valence-corrected chi connectivity index (χ3v) is 8.98. The van der Waals surface area contributed by atoms with Crippen molar-refractivity contribution in [3.8, 4) is 21.8 Å². The van der Waals surface area contributed by atoms with Gasteiger partial charge in [0.1, 0.15) is 5.01 Å². The van der Waals surface area contributed by atoms with Crippen LogP contribution >= 0.6 is 11.3 Å². The Morgan fingerprint density at radius 1 is 0.938 bits per heavy atom. The maximum absolute atomic E-state index is 12.9. The summed E-state index contributed by atoms with van der Waals surface area (Å²) in [7, 11) is 0. The predicted molar refractivity (Wildman–Crippen MR) is 132 cm³/mol. The molecule has 32 heavy (non-hydrogen) atoms. The Labute approximate surface area is 194 Å². The maximum atomic E-state index is 12.9. The zero-order chi connectivity index (χ0) is 21.7. The predicted octanol–water partition coefficient (Wildman–Crippen LogP) is 7.33. The number of carbonyl (C=O) groups excluding carboxylic acids is 1. The van der Waals surface area contributed by atoms with E-state index in [1.807, 2.05) is 30.3 Å². The lowest BCUT2D eigenvalue weighted by Crippen LogP contribution is -2.47. The molecule has 7 rings (SSSR count). The van der Waals surface area contributed by atoms with Gasteiger partial charge in [0.25, 0.3) is 0 Å². The highest BCUT2D eigenvalue weighted by Gasteiger charge is 2.51. The van der Waals surface area contributed by atoms with Crippen LogP contribution in [0.15, 0.2) is 54.6 Å². The topological polar surface area (TPSA) is 42.0 Å². The minimum absolute atomic E-state index is 0.191. The fourth-order valence-electron chi connectivity index (χ4n) is 7.13. The van der Waals surface area contributed by atoms with Gasteiger partial charge in [-0.1, -0.05) is 42.5 Å². The van der Waals surface area contributed by atoms with Gasteiger partial charge in [-0.15, -0.1) is 11.3 Å². The summed E-state index contributed by atoms with van der Waals surface area (Å²) in [4.78, 5) is 19.0. The molecule has 0 atom stereocenters. The summed E-state index contributed by atoms with van der Waals surface area (Å²) in [5.74, 6) is 2.84. The quantitative estimate of drug-likeness (QED) is 0.449. The molecule has 4 bridgehead atoms. The van der Waals surface area contributed by atoms with Crippen molar-refractivity contribution in [2.24, 2.45) is 23.2 Å². The lowest BCUT2D eigenvalue weighted by Gasteiger charge is -2.56. The van der Waals surface area contributed by atoms with Gasteiger partial charge in [0, 0.05) is 28.1 Å². The van der Waals surface area contributed by atoms with Crippen LogP contribution in [-0.4, -0.2) is 10.9 Å². The summed E-state index contributed by atoms with van der Waals surface area (Å²) in [6.07, 6.45) is 8.79. The smallest absolute Gasteiger partial charge is 0.224 e. The van der Waals surface area contributed by atoms with E-state index in [4.69, 9.17) is 4.98 Å². The average Bonchev–Trinajstić information content (AvgIpc) is 3.15. The number of aromatic nitrogens is 1. The summed E-state index contributed by atoms with van der Waals surface area (Å²) in [6.45, 7) is 2.13. The van der Waals surface area contributed by atoms with Crippen molar-refractivity contribution in [3.63, 3.8) is 0 Å². The van der Waals surface area contributed by atoms with E-state index in [1.54, 1.807) is 11.3 Å². The molecule has 4 aliphatic rings. The summed E-state index contributed by atoms with van der Waals surface area (Å²) in [6, 6.07) is 18.5. The van der Waals surface area contributed by atoms with Crippen LogP contribution in [0, 0.1) is 30.1 Å². The van der Waals surface area contributed by atoms with Crippen molar-refractivity contribution in [1.29, 1.82) is 0 Å². The molecule has 1 aromatic heterocycles. The minimum atomic E-state index is 0.191. The molecule has 1 amide bonds. The average molecular weight is 443 g/mol. The van der Waals surface area contributed by atoms with E-state index in [2.05, 4.69) is 36.5 Å². The molecule has 0 saturated heterocycles. The summed E-state index contributed by atoms with van der Waals surface area (Å²) in [5, 5.41) is 4.23. The number of hydrogen-bond donors (Lipinski definition) is 1. The molecule has 0 radical (unpaired) electrons. The van der Waals surface area contributed by atoms with Crippen molar-refractivity contribution in [1.82, 2.24) is 4.98 Å². The van der Waals surface area contributed by atoms with Gasteiger partial charge in [0.05, 0.1) is 5.69 Å². The van der Waals surface area contributed by atoms with E-state index >= 15 is 0 Å². The van der Waals surface area contributed by atoms with Crippen LogP contribution in [0.1, 0.15) is 49.8 Å². The lowest BCUT2D eigenvalue weighted by atomic mass is 9.49. The maximum Gasteiger partial charge on any atom is 0.224 e. The van der Waals surface area contributed by atoms with E-state index in [0.29, 0.717) is 6.42 Å². The molecule has 3 nitrogen and oxygen atoms in total. The molecule has 2 aromatic carbocycles. The summed E-state index contributed by atoms with van der Waals surface area (Å²) in [5.41, 5.74) is 4.45. The molecule has 0 aliphatic heterocycles. The third-order valence-electron chi connectivity index (χ3n) is 7.96. The minimum Gasteiger partial charge on any atom is -0.326 e. The molecular weight excluding hydrogens is 412 g/mol. The van der Waals surface area contributed by atoms with Gasteiger partial charge in [-0.3, -0.25) is 4.79 Å². The molecule has 1 N–H and O–H groups in total. The first-order valence-electron chi connectivity index (χ1n) is 12.0. The van der Waals surface area contributed by atoms with Gasteiger partial charge in [0.15, 0.2) is 0 Å². The molecule has 3 aromatic rings. The van der Waals surface area contributed by atoms with Crippen molar-refractivity contribution in [3.05, 3.63) is 59.5 Å². The molecule has 164 valence electrons. The first-order valence-corrected chi connectivity index (χ1v) is 12.8. The van der Waals surface area contributed by atoms with Gasteiger partial charge in [-0.2, -0.15) is 0 Å². The highest BCUT2D eigenvalue weighted by atomic mass is 32.1. The van der Waals surface area contributed by atoms with Crippen LogP contribution in [0.25, 0.3) is 21.8 Å². The highest BCUT2D eigenvalue weighted by Crippen LogP contribution is 2.61. The largest absolute Gasteiger partial charge is 0.326 e. The fraction of sp³-hybridized carbons (Fsp3) is 0.429. The van der Waals surface area contributed by atoms with E-state index in [9.17, 15) is 4.79 Å². The number of anilines is 1. The summed E-state index contributed by atoms with van der Waals surface area (Å²) >= 11 is 1.73. The second kappa shape index (κ2) is 7.84. The van der Waals surface area contributed by atoms with E-state index in [1.165, 1.54) is 43.4 Å². The molecule has 4 saturated carbocycles. The van der Waals surface area contributed by atoms with Crippen molar-refractivity contribution in [2.75, 3.05) is 5.32 Å². The van der Waals surface area contributed by atoms with Crippen LogP contribution in [0.3, 0.4) is 0 Å². The number of hydrogen-bond acceptors (Lipinski definition) is 3. The van der Waals surface area contributed by atoms with Gasteiger partial charge in [0.2, 0.25) is 5.91 Å². The number of rotatable bonds is 5. The fourth-order valence-corrected chi connectivity index (χ4v) is 8.07. The number of amides is 1. The molecule has 0 spiro atoms. The van der Waals surface area contributed by atoms with E-state index in [0.717, 1.165) is 45.3 Å². The normalized spacial score (nSPS) is 28.1. The Kier molecular flexibility index (Phi) is 4.94. The van der Waals surface area contributed by atoms with Crippen LogP contribution in [0.5, 0.6) is 0 Å². The van der Waals surface area contributed by atoms with Crippen molar-refractivity contribution in [2.45, 2.75) is 51.9 Å². The van der Waals surface area contributed by atoms with Crippen molar-refractivity contribution >= 4 is 22.9 Å². The highest BCUT2D eigenvalue weighted by molar-refractivity contribution is 7.15. The summed E-state index contributed by atoms with van der Waals surface area (Å²) < 4.78 is 0. The Balaban J connectivity index is 1.14. The zero-order valence-corrected chi connectivity index (χ0v) is 19.5. The van der Waals surface area contributed by atoms with Gasteiger partial charge >= 0.3 is 0 Å². The third kappa shape index (κ3) is 3.79. The van der Waals surface area contributed by atoms with Crippen LogP contribution in [0.2, 0.25) is 0 Å². The SMILES string of the molecule is Cc1sc(-c2ccccc2)nc1-c1ccc(NC(=O)CC23CC4CC(CC(C4)C2)C3)cc1. The number of nitrogens with one attached hydrogen (secondary N) is 1. The second-order valence-electron chi connectivity index (χ2n) is 10.5. The molecule has 1 heterocycles. The monoisotopic (exact) mass is 442 g/mol. The molecule has 0 unspecified atom stereocenters. The number of carbonyl (C=O) groups is 1. The first-order chi connectivity index (χ1) is 15.6. The Bertz CT molecular complexity index is 1100. The van der Waals surface area contributed by atoms with E-state index in [-0.39, 0.29) is 11.3 Å². The van der Waals surface area contributed by atoms with E-state index < -0.39 is 0 Å². The van der Waals surface area contributed by atoms with Crippen LogP contribution in [0.4, 0.5) is 5.69 Å². The number of thiazole rings is 1. The van der Waals surface area contributed by atoms with Crippen LogP contribution in [-0.2, 0) is 4.79 Å². The Hall–Kier alpha value is -2.46. The Morgan fingerprint density at radius 2 is 1.56 bits per heavy atom. The molecular formula is C28H30N2OS. The van der Waals surface area contributed by atoms with Gasteiger partial charge < -0.3 is 5.32 Å². The lowest BCUT2D eigenvalue weighted by molar-refractivity contribution is -0.124. The molecule has 4 aliphatic carbocycles. The van der Waals surface area contributed by atoms with Crippen LogP contribution < -0.4 is 5.32 Å².